The molecule has 1 aromatic carbocycles. The summed E-state index contributed by atoms with van der Waals surface area (Å²) >= 11 is 1.34. The zero-order valence-electron chi connectivity index (χ0n) is 9.45. The molecule has 3 aromatic rings. The summed E-state index contributed by atoms with van der Waals surface area (Å²) < 4.78 is 0. The van der Waals surface area contributed by atoms with E-state index < -0.39 is 0 Å². The molecule has 0 atom stereocenters. The second-order valence-corrected chi connectivity index (χ2v) is 4.73. The van der Waals surface area contributed by atoms with Gasteiger partial charge in [-0.05, 0) is 12.1 Å². The summed E-state index contributed by atoms with van der Waals surface area (Å²) in [5.74, 6) is 0. The highest BCUT2D eigenvalue weighted by Crippen LogP contribution is 2.25. The van der Waals surface area contributed by atoms with E-state index in [1.54, 1.807) is 0 Å². The molecule has 0 bridgehead atoms. The molecule has 2 heterocycles. The third-order valence-corrected chi connectivity index (χ3v) is 3.25. The van der Waals surface area contributed by atoms with E-state index in [0.29, 0.717) is 5.13 Å². The first-order valence-electron chi connectivity index (χ1n) is 5.45. The first kappa shape index (κ1) is 10.9. The minimum absolute atomic E-state index is 0.455. The number of pyridine rings is 1. The molecule has 0 aliphatic rings. The highest BCUT2D eigenvalue weighted by Gasteiger charge is 2.07. The number of aromatic nitrogens is 3. The Morgan fingerprint density at radius 1 is 0.833 bits per heavy atom. The quantitative estimate of drug-likeness (QED) is 0.763. The lowest BCUT2D eigenvalue weighted by Crippen LogP contribution is -1.87. The van der Waals surface area contributed by atoms with Crippen LogP contribution >= 0.6 is 11.3 Å². The Morgan fingerprint density at radius 2 is 1.61 bits per heavy atom. The molecule has 0 unspecified atom stereocenters. The number of anilines is 1. The zero-order valence-corrected chi connectivity index (χ0v) is 10.3. The molecule has 0 amide bonds. The van der Waals surface area contributed by atoms with Crippen molar-refractivity contribution in [3.05, 3.63) is 48.5 Å². The van der Waals surface area contributed by atoms with Gasteiger partial charge in [0.25, 0.3) is 0 Å². The lowest BCUT2D eigenvalue weighted by Gasteiger charge is -2.01. The van der Waals surface area contributed by atoms with Crippen LogP contribution in [0.15, 0.2) is 48.5 Å². The van der Waals surface area contributed by atoms with Crippen molar-refractivity contribution in [1.29, 1.82) is 0 Å². The minimum Gasteiger partial charge on any atom is -0.374 e. The fraction of sp³-hybridized carbons (Fsp3) is 0. The van der Waals surface area contributed by atoms with Crippen LogP contribution in [0.5, 0.6) is 0 Å². The van der Waals surface area contributed by atoms with Crippen molar-refractivity contribution >= 4 is 16.5 Å². The maximum atomic E-state index is 5.58. The SMILES string of the molecule is Nc1nnc(-c2cccc(-c3ccccc3)n2)s1. The molecule has 0 saturated heterocycles. The Hall–Kier alpha value is -2.27. The predicted molar refractivity (Wildman–Crippen MR) is 73.0 cm³/mol. The van der Waals surface area contributed by atoms with Gasteiger partial charge in [-0.25, -0.2) is 4.98 Å². The molecule has 0 aliphatic heterocycles. The van der Waals surface area contributed by atoms with Crippen molar-refractivity contribution in [3.8, 4) is 22.0 Å². The first-order valence-corrected chi connectivity index (χ1v) is 6.26. The molecule has 0 radical (unpaired) electrons. The number of nitrogen functional groups attached to an aromatic ring is 1. The van der Waals surface area contributed by atoms with Gasteiger partial charge in [0, 0.05) is 5.56 Å². The number of hydrogen-bond acceptors (Lipinski definition) is 5. The maximum Gasteiger partial charge on any atom is 0.203 e. The molecule has 88 valence electrons. The van der Waals surface area contributed by atoms with Gasteiger partial charge in [-0.15, -0.1) is 10.2 Å². The highest BCUT2D eigenvalue weighted by molar-refractivity contribution is 7.18. The molecular weight excluding hydrogens is 244 g/mol. The van der Waals surface area contributed by atoms with Crippen LogP contribution in [0.4, 0.5) is 5.13 Å². The highest BCUT2D eigenvalue weighted by atomic mass is 32.1. The summed E-state index contributed by atoms with van der Waals surface area (Å²) in [5, 5.41) is 9.00. The predicted octanol–water partition coefficient (Wildman–Crippen LogP) is 2.85. The van der Waals surface area contributed by atoms with Gasteiger partial charge < -0.3 is 5.73 Å². The fourth-order valence-corrected chi connectivity index (χ4v) is 2.24. The average molecular weight is 254 g/mol. The van der Waals surface area contributed by atoms with Crippen molar-refractivity contribution < 1.29 is 0 Å². The van der Waals surface area contributed by atoms with Gasteiger partial charge in [-0.3, -0.25) is 0 Å². The van der Waals surface area contributed by atoms with E-state index >= 15 is 0 Å². The van der Waals surface area contributed by atoms with Crippen molar-refractivity contribution in [2.75, 3.05) is 5.73 Å². The molecule has 0 saturated carbocycles. The molecule has 0 spiro atoms. The largest absolute Gasteiger partial charge is 0.374 e. The van der Waals surface area contributed by atoms with E-state index in [1.165, 1.54) is 11.3 Å². The van der Waals surface area contributed by atoms with E-state index in [-0.39, 0.29) is 0 Å². The maximum absolute atomic E-state index is 5.58. The molecule has 2 aromatic heterocycles. The second-order valence-electron chi connectivity index (χ2n) is 3.72. The summed E-state index contributed by atoms with van der Waals surface area (Å²) in [6.07, 6.45) is 0. The van der Waals surface area contributed by atoms with Gasteiger partial charge in [-0.1, -0.05) is 47.7 Å². The van der Waals surface area contributed by atoms with Crippen LogP contribution in [0.3, 0.4) is 0 Å². The Bertz CT molecular complexity index is 664. The Morgan fingerprint density at radius 3 is 2.33 bits per heavy atom. The van der Waals surface area contributed by atoms with E-state index in [1.807, 2.05) is 48.5 Å². The van der Waals surface area contributed by atoms with Crippen LogP contribution in [0.25, 0.3) is 22.0 Å². The lowest BCUT2D eigenvalue weighted by atomic mass is 10.1. The van der Waals surface area contributed by atoms with Crippen LogP contribution in [-0.4, -0.2) is 15.2 Å². The van der Waals surface area contributed by atoms with Gasteiger partial charge >= 0.3 is 0 Å². The third kappa shape index (κ3) is 2.08. The molecule has 18 heavy (non-hydrogen) atoms. The fourth-order valence-electron chi connectivity index (χ4n) is 1.66. The van der Waals surface area contributed by atoms with Crippen LogP contribution in [0.2, 0.25) is 0 Å². The van der Waals surface area contributed by atoms with Crippen LogP contribution in [0, 0.1) is 0 Å². The van der Waals surface area contributed by atoms with Crippen molar-refractivity contribution in [2.45, 2.75) is 0 Å². The Balaban J connectivity index is 2.05. The first-order chi connectivity index (χ1) is 8.83. The van der Waals surface area contributed by atoms with Crippen LogP contribution in [-0.2, 0) is 0 Å². The smallest absolute Gasteiger partial charge is 0.203 e. The monoisotopic (exact) mass is 254 g/mol. The number of nitrogens with zero attached hydrogens (tertiary/aromatic N) is 3. The molecule has 4 nitrogen and oxygen atoms in total. The number of rotatable bonds is 2. The van der Waals surface area contributed by atoms with Gasteiger partial charge in [0.15, 0.2) is 5.01 Å². The summed E-state index contributed by atoms with van der Waals surface area (Å²) in [7, 11) is 0. The van der Waals surface area contributed by atoms with E-state index in [9.17, 15) is 0 Å². The normalized spacial score (nSPS) is 10.4. The average Bonchev–Trinajstić information content (AvgIpc) is 2.87. The minimum atomic E-state index is 0.455. The lowest BCUT2D eigenvalue weighted by molar-refractivity contribution is 1.09. The second kappa shape index (κ2) is 4.54. The Kier molecular flexibility index (Phi) is 2.74. The Labute approximate surface area is 108 Å². The van der Waals surface area contributed by atoms with Gasteiger partial charge in [-0.2, -0.15) is 0 Å². The van der Waals surface area contributed by atoms with E-state index in [2.05, 4.69) is 15.2 Å². The van der Waals surface area contributed by atoms with E-state index in [4.69, 9.17) is 5.73 Å². The van der Waals surface area contributed by atoms with Gasteiger partial charge in [0.1, 0.15) is 5.69 Å². The summed E-state index contributed by atoms with van der Waals surface area (Å²) in [4.78, 5) is 4.58. The summed E-state index contributed by atoms with van der Waals surface area (Å²) in [6.45, 7) is 0. The molecular formula is C13H10N4S. The zero-order chi connectivity index (χ0) is 12.4. The summed E-state index contributed by atoms with van der Waals surface area (Å²) in [6, 6.07) is 15.9. The van der Waals surface area contributed by atoms with Gasteiger partial charge in [0.05, 0.1) is 5.69 Å². The third-order valence-electron chi connectivity index (χ3n) is 2.48. The standard InChI is InChI=1S/C13H10N4S/c14-13-17-16-12(18-13)11-8-4-7-10(15-11)9-5-2-1-3-6-9/h1-8H,(H2,14,17). The van der Waals surface area contributed by atoms with Crippen molar-refractivity contribution in [3.63, 3.8) is 0 Å². The number of benzene rings is 1. The van der Waals surface area contributed by atoms with Crippen molar-refractivity contribution in [2.24, 2.45) is 0 Å². The van der Waals surface area contributed by atoms with Crippen LogP contribution < -0.4 is 5.73 Å². The number of nitrogens with two attached hydrogens (primary N) is 1. The topological polar surface area (TPSA) is 64.7 Å². The summed E-state index contributed by atoms with van der Waals surface area (Å²) in [5.41, 5.74) is 8.38. The van der Waals surface area contributed by atoms with Gasteiger partial charge in [0.2, 0.25) is 5.13 Å². The molecule has 0 fully saturated rings. The molecule has 5 heteroatoms. The molecule has 0 aliphatic carbocycles. The number of hydrogen-bond donors (Lipinski definition) is 1. The van der Waals surface area contributed by atoms with Crippen molar-refractivity contribution in [1.82, 2.24) is 15.2 Å². The molecule has 2 N–H and O–H groups in total. The van der Waals surface area contributed by atoms with Crippen LogP contribution in [0.1, 0.15) is 0 Å². The molecule has 3 rings (SSSR count). The van der Waals surface area contributed by atoms with E-state index in [0.717, 1.165) is 22.0 Å².